The Kier molecular flexibility index (Phi) is 5.34. The molecule has 116 valence electrons. The standard InChI is InChI=1S/C17H24FNO2/c1-12(6-8-14-4-3-5-16(18)10-14)19-11-15(17(20)21)9-7-13(19)2/h3-5,10,12-13,15H,6-9,11H2,1-2H3,(H,20,21). The second kappa shape index (κ2) is 7.03. The lowest BCUT2D eigenvalue weighted by Gasteiger charge is -2.40. The lowest BCUT2D eigenvalue weighted by Crippen LogP contribution is -2.48. The number of aliphatic carboxylic acids is 1. The van der Waals surface area contributed by atoms with Crippen LogP contribution in [-0.4, -0.2) is 34.6 Å². The number of rotatable bonds is 5. The number of hydrogen-bond donors (Lipinski definition) is 1. The molecule has 3 nitrogen and oxygen atoms in total. The molecule has 0 spiro atoms. The first-order valence-corrected chi connectivity index (χ1v) is 7.70. The molecule has 0 amide bonds. The third kappa shape index (κ3) is 4.27. The van der Waals surface area contributed by atoms with Gasteiger partial charge in [-0.1, -0.05) is 12.1 Å². The van der Waals surface area contributed by atoms with Crippen LogP contribution < -0.4 is 0 Å². The van der Waals surface area contributed by atoms with Gasteiger partial charge in [-0.15, -0.1) is 0 Å². The first-order chi connectivity index (χ1) is 9.97. The van der Waals surface area contributed by atoms with Crippen LogP contribution in [0.4, 0.5) is 4.39 Å². The van der Waals surface area contributed by atoms with Crippen molar-refractivity contribution in [2.24, 2.45) is 5.92 Å². The molecule has 21 heavy (non-hydrogen) atoms. The van der Waals surface area contributed by atoms with Crippen molar-refractivity contribution in [3.8, 4) is 0 Å². The highest BCUT2D eigenvalue weighted by atomic mass is 19.1. The Labute approximate surface area is 125 Å². The topological polar surface area (TPSA) is 40.5 Å². The van der Waals surface area contributed by atoms with Gasteiger partial charge in [0, 0.05) is 18.6 Å². The number of benzene rings is 1. The fourth-order valence-corrected chi connectivity index (χ4v) is 3.18. The minimum atomic E-state index is -0.691. The Hall–Kier alpha value is -1.42. The summed E-state index contributed by atoms with van der Waals surface area (Å²) in [5.74, 6) is -1.14. The number of nitrogens with zero attached hydrogens (tertiary/aromatic N) is 1. The highest BCUT2D eigenvalue weighted by Crippen LogP contribution is 2.25. The molecular formula is C17H24FNO2. The fourth-order valence-electron chi connectivity index (χ4n) is 3.18. The predicted octanol–water partition coefficient (Wildman–Crippen LogP) is 3.33. The van der Waals surface area contributed by atoms with E-state index in [9.17, 15) is 14.3 Å². The second-order valence-corrected chi connectivity index (χ2v) is 6.18. The first kappa shape index (κ1) is 16.0. The number of hydrogen-bond acceptors (Lipinski definition) is 2. The van der Waals surface area contributed by atoms with E-state index in [-0.39, 0.29) is 11.7 Å². The van der Waals surface area contributed by atoms with Gasteiger partial charge in [0.25, 0.3) is 0 Å². The molecule has 1 aliphatic rings. The Bertz CT molecular complexity index is 491. The molecule has 3 atom stereocenters. The third-order valence-electron chi connectivity index (χ3n) is 4.59. The third-order valence-corrected chi connectivity index (χ3v) is 4.59. The van der Waals surface area contributed by atoms with Crippen molar-refractivity contribution in [1.29, 1.82) is 0 Å². The summed E-state index contributed by atoms with van der Waals surface area (Å²) in [5, 5.41) is 9.19. The molecule has 0 bridgehead atoms. The SMILES string of the molecule is CC(CCc1cccc(F)c1)N1CC(C(=O)O)CCC1C. The van der Waals surface area contributed by atoms with E-state index >= 15 is 0 Å². The van der Waals surface area contributed by atoms with Gasteiger partial charge < -0.3 is 5.11 Å². The van der Waals surface area contributed by atoms with Crippen LogP contribution in [0.25, 0.3) is 0 Å². The van der Waals surface area contributed by atoms with E-state index < -0.39 is 5.97 Å². The fraction of sp³-hybridized carbons (Fsp3) is 0.588. The minimum absolute atomic E-state index is 0.197. The number of carboxylic acids is 1. The minimum Gasteiger partial charge on any atom is -0.481 e. The normalized spacial score (nSPS) is 24.7. The van der Waals surface area contributed by atoms with Crippen molar-refractivity contribution in [3.63, 3.8) is 0 Å². The molecule has 4 heteroatoms. The number of aryl methyl sites for hydroxylation is 1. The summed E-state index contributed by atoms with van der Waals surface area (Å²) in [4.78, 5) is 13.5. The molecule has 1 heterocycles. The quantitative estimate of drug-likeness (QED) is 0.905. The van der Waals surface area contributed by atoms with Crippen molar-refractivity contribution in [2.75, 3.05) is 6.54 Å². The number of halogens is 1. The van der Waals surface area contributed by atoms with E-state index in [0.717, 1.165) is 31.2 Å². The average Bonchev–Trinajstić information content (AvgIpc) is 2.45. The number of carbonyl (C=O) groups is 1. The van der Waals surface area contributed by atoms with Gasteiger partial charge in [0.2, 0.25) is 0 Å². The van der Waals surface area contributed by atoms with Crippen LogP contribution in [0, 0.1) is 11.7 Å². The molecule has 1 fully saturated rings. The molecule has 1 saturated heterocycles. The smallest absolute Gasteiger partial charge is 0.307 e. The zero-order valence-corrected chi connectivity index (χ0v) is 12.8. The molecule has 3 unspecified atom stereocenters. The number of piperidine rings is 1. The van der Waals surface area contributed by atoms with Gasteiger partial charge in [-0.05, 0) is 57.2 Å². The molecule has 2 rings (SSSR count). The molecular weight excluding hydrogens is 269 g/mol. The summed E-state index contributed by atoms with van der Waals surface area (Å²) in [5.41, 5.74) is 1.00. The van der Waals surface area contributed by atoms with Gasteiger partial charge in [0.1, 0.15) is 5.82 Å². The highest BCUT2D eigenvalue weighted by Gasteiger charge is 2.31. The van der Waals surface area contributed by atoms with Crippen molar-refractivity contribution in [1.82, 2.24) is 4.90 Å². The Morgan fingerprint density at radius 3 is 2.90 bits per heavy atom. The predicted molar refractivity (Wildman–Crippen MR) is 80.7 cm³/mol. The van der Waals surface area contributed by atoms with E-state index in [0.29, 0.717) is 18.6 Å². The van der Waals surface area contributed by atoms with Gasteiger partial charge >= 0.3 is 5.97 Å². The molecule has 1 aromatic rings. The zero-order chi connectivity index (χ0) is 15.4. The van der Waals surface area contributed by atoms with E-state index in [4.69, 9.17) is 0 Å². The largest absolute Gasteiger partial charge is 0.481 e. The summed E-state index contributed by atoms with van der Waals surface area (Å²) in [7, 11) is 0. The first-order valence-electron chi connectivity index (χ1n) is 7.70. The van der Waals surface area contributed by atoms with Crippen LogP contribution in [-0.2, 0) is 11.2 Å². The summed E-state index contributed by atoms with van der Waals surface area (Å²) >= 11 is 0. The second-order valence-electron chi connectivity index (χ2n) is 6.18. The molecule has 0 radical (unpaired) electrons. The van der Waals surface area contributed by atoms with E-state index in [1.165, 1.54) is 6.07 Å². The summed E-state index contributed by atoms with van der Waals surface area (Å²) in [6.45, 7) is 4.93. The van der Waals surface area contributed by atoms with Crippen molar-refractivity contribution in [3.05, 3.63) is 35.6 Å². The summed E-state index contributed by atoms with van der Waals surface area (Å²) in [6, 6.07) is 7.44. The van der Waals surface area contributed by atoms with Crippen molar-refractivity contribution in [2.45, 2.75) is 51.6 Å². The lowest BCUT2D eigenvalue weighted by atomic mass is 9.91. The Morgan fingerprint density at radius 2 is 2.24 bits per heavy atom. The molecule has 0 aromatic heterocycles. The number of likely N-dealkylation sites (tertiary alicyclic amines) is 1. The summed E-state index contributed by atoms with van der Waals surface area (Å²) in [6.07, 6.45) is 3.44. The zero-order valence-electron chi connectivity index (χ0n) is 12.8. The Morgan fingerprint density at radius 1 is 1.48 bits per heavy atom. The average molecular weight is 293 g/mol. The van der Waals surface area contributed by atoms with Gasteiger partial charge in [-0.2, -0.15) is 0 Å². The van der Waals surface area contributed by atoms with Gasteiger partial charge in [-0.25, -0.2) is 4.39 Å². The number of carboxylic acid groups (broad SMARTS) is 1. The maximum Gasteiger partial charge on any atom is 0.307 e. The van der Waals surface area contributed by atoms with Crippen molar-refractivity contribution >= 4 is 5.97 Å². The molecule has 0 aliphatic carbocycles. The van der Waals surface area contributed by atoms with Gasteiger partial charge in [0.05, 0.1) is 5.92 Å². The lowest BCUT2D eigenvalue weighted by molar-refractivity contribution is -0.144. The Balaban J connectivity index is 1.92. The van der Waals surface area contributed by atoms with Crippen LogP contribution in [0.15, 0.2) is 24.3 Å². The molecule has 0 saturated carbocycles. The van der Waals surface area contributed by atoms with Crippen LogP contribution in [0.3, 0.4) is 0 Å². The molecule has 1 N–H and O–H groups in total. The molecule has 1 aromatic carbocycles. The molecule has 1 aliphatic heterocycles. The van der Waals surface area contributed by atoms with Crippen LogP contribution in [0.2, 0.25) is 0 Å². The van der Waals surface area contributed by atoms with Gasteiger partial charge in [-0.3, -0.25) is 9.69 Å². The van der Waals surface area contributed by atoms with E-state index in [2.05, 4.69) is 18.7 Å². The van der Waals surface area contributed by atoms with Crippen molar-refractivity contribution < 1.29 is 14.3 Å². The monoisotopic (exact) mass is 293 g/mol. The van der Waals surface area contributed by atoms with E-state index in [1.54, 1.807) is 12.1 Å². The van der Waals surface area contributed by atoms with Crippen LogP contribution >= 0.6 is 0 Å². The highest BCUT2D eigenvalue weighted by molar-refractivity contribution is 5.70. The summed E-state index contributed by atoms with van der Waals surface area (Å²) < 4.78 is 13.2. The van der Waals surface area contributed by atoms with Gasteiger partial charge in [0.15, 0.2) is 0 Å². The maximum absolute atomic E-state index is 13.2. The maximum atomic E-state index is 13.2. The van der Waals surface area contributed by atoms with E-state index in [1.807, 2.05) is 6.07 Å². The van der Waals surface area contributed by atoms with Crippen LogP contribution in [0.1, 0.15) is 38.7 Å². The van der Waals surface area contributed by atoms with Crippen LogP contribution in [0.5, 0.6) is 0 Å².